The van der Waals surface area contributed by atoms with Crippen molar-refractivity contribution < 1.29 is 29.0 Å². The van der Waals surface area contributed by atoms with Crippen LogP contribution < -0.4 is 0 Å². The van der Waals surface area contributed by atoms with Gasteiger partial charge in [0.05, 0.1) is 11.5 Å². The smallest absolute Gasteiger partial charge is 0.313 e. The first-order chi connectivity index (χ1) is 16.9. The highest BCUT2D eigenvalue weighted by atomic mass is 16.6. The van der Waals surface area contributed by atoms with Crippen molar-refractivity contribution in [2.45, 2.75) is 88.0 Å². The van der Waals surface area contributed by atoms with Gasteiger partial charge in [0.2, 0.25) is 11.8 Å². The maximum atomic E-state index is 14.3. The molecule has 1 spiro atoms. The molecule has 4 fully saturated rings. The van der Waals surface area contributed by atoms with Gasteiger partial charge >= 0.3 is 5.97 Å². The highest BCUT2D eigenvalue weighted by Crippen LogP contribution is 2.64. The predicted molar refractivity (Wildman–Crippen MR) is 130 cm³/mol. The molecule has 1 aliphatic carbocycles. The first-order valence-electron chi connectivity index (χ1n) is 13.2. The lowest BCUT2D eigenvalue weighted by Gasteiger charge is -2.40. The number of ether oxygens (including phenoxy) is 2. The number of amides is 2. The summed E-state index contributed by atoms with van der Waals surface area (Å²) in [4.78, 5) is 45.0. The second-order valence-electron chi connectivity index (χ2n) is 10.4. The van der Waals surface area contributed by atoms with E-state index in [0.29, 0.717) is 32.2 Å². The van der Waals surface area contributed by atoms with Crippen molar-refractivity contribution >= 4 is 17.8 Å². The zero-order valence-electron chi connectivity index (χ0n) is 21.0. The SMILES string of the molecule is C=CCOC(=O)[C@H]1[C@H]2C(=O)N(CCCO)C(C(=O)N(CC=C)C3CCCCC3)C23CC[C@]1(CC)O3. The Bertz CT molecular complexity index is 855. The highest BCUT2D eigenvalue weighted by Gasteiger charge is 2.79. The maximum Gasteiger partial charge on any atom is 0.313 e. The minimum absolute atomic E-state index is 0.0639. The van der Waals surface area contributed by atoms with E-state index in [4.69, 9.17) is 9.47 Å². The number of esters is 1. The average Bonchev–Trinajstić information content (AvgIpc) is 3.48. The number of hydrogen-bond donors (Lipinski definition) is 1. The Hall–Kier alpha value is -2.19. The van der Waals surface area contributed by atoms with Crippen LogP contribution in [0.4, 0.5) is 0 Å². The van der Waals surface area contributed by atoms with E-state index in [1.807, 2.05) is 11.8 Å². The largest absolute Gasteiger partial charge is 0.461 e. The molecule has 4 aliphatic rings. The first-order valence-corrected chi connectivity index (χ1v) is 13.2. The molecule has 2 bridgehead atoms. The van der Waals surface area contributed by atoms with Gasteiger partial charge in [-0.25, -0.2) is 0 Å². The quantitative estimate of drug-likeness (QED) is 0.355. The Kier molecular flexibility index (Phi) is 7.71. The number of rotatable bonds is 11. The number of carbonyl (C=O) groups is 3. The van der Waals surface area contributed by atoms with E-state index in [2.05, 4.69) is 13.2 Å². The lowest BCUT2D eigenvalue weighted by Crippen LogP contribution is -2.58. The van der Waals surface area contributed by atoms with Crippen LogP contribution >= 0.6 is 0 Å². The Balaban J connectivity index is 1.74. The molecule has 194 valence electrons. The van der Waals surface area contributed by atoms with Crippen LogP contribution in [0, 0.1) is 11.8 Å². The van der Waals surface area contributed by atoms with E-state index in [0.717, 1.165) is 25.7 Å². The minimum Gasteiger partial charge on any atom is -0.461 e. The molecule has 35 heavy (non-hydrogen) atoms. The Labute approximate surface area is 208 Å². The van der Waals surface area contributed by atoms with Crippen LogP contribution in [0.3, 0.4) is 0 Å². The summed E-state index contributed by atoms with van der Waals surface area (Å²) >= 11 is 0. The third-order valence-corrected chi connectivity index (χ3v) is 8.69. The molecule has 3 heterocycles. The van der Waals surface area contributed by atoms with E-state index < -0.39 is 35.0 Å². The summed E-state index contributed by atoms with van der Waals surface area (Å²) in [5, 5.41) is 9.52. The number of likely N-dealkylation sites (tertiary alicyclic amines) is 1. The van der Waals surface area contributed by atoms with Crippen LogP contribution in [0.2, 0.25) is 0 Å². The minimum atomic E-state index is -1.06. The summed E-state index contributed by atoms with van der Waals surface area (Å²) in [5.74, 6) is -2.35. The van der Waals surface area contributed by atoms with Gasteiger partial charge in [0.25, 0.3) is 0 Å². The van der Waals surface area contributed by atoms with E-state index in [-0.39, 0.29) is 37.6 Å². The summed E-state index contributed by atoms with van der Waals surface area (Å²) in [6.45, 7) is 10.1. The molecule has 0 aromatic rings. The third kappa shape index (κ3) is 4.12. The Morgan fingerprint density at radius 1 is 1.23 bits per heavy atom. The van der Waals surface area contributed by atoms with Crippen molar-refractivity contribution in [1.82, 2.24) is 9.80 Å². The molecule has 4 rings (SSSR count). The van der Waals surface area contributed by atoms with Crippen LogP contribution in [-0.2, 0) is 23.9 Å². The van der Waals surface area contributed by atoms with Gasteiger partial charge in [-0.1, -0.05) is 44.9 Å². The molecule has 8 nitrogen and oxygen atoms in total. The second-order valence-corrected chi connectivity index (χ2v) is 10.4. The van der Waals surface area contributed by atoms with Crippen molar-refractivity contribution in [3.63, 3.8) is 0 Å². The van der Waals surface area contributed by atoms with E-state index in [1.165, 1.54) is 12.5 Å². The van der Waals surface area contributed by atoms with Crippen LogP contribution in [0.1, 0.15) is 64.7 Å². The van der Waals surface area contributed by atoms with Gasteiger partial charge in [-0.2, -0.15) is 0 Å². The number of hydrogen-bond acceptors (Lipinski definition) is 6. The number of fused-ring (bicyclic) bond motifs is 1. The molecule has 1 saturated carbocycles. The third-order valence-electron chi connectivity index (χ3n) is 8.69. The maximum absolute atomic E-state index is 14.3. The van der Waals surface area contributed by atoms with Crippen molar-refractivity contribution in [1.29, 1.82) is 0 Å². The lowest BCUT2D eigenvalue weighted by atomic mass is 9.65. The number of aliphatic hydroxyl groups excluding tert-OH is 1. The molecular formula is C27H40N2O6. The molecule has 0 radical (unpaired) electrons. The number of carbonyl (C=O) groups excluding carboxylic acids is 3. The molecule has 5 atom stereocenters. The van der Waals surface area contributed by atoms with Gasteiger partial charge in [0.1, 0.15) is 24.2 Å². The predicted octanol–water partition coefficient (Wildman–Crippen LogP) is 2.60. The monoisotopic (exact) mass is 488 g/mol. The van der Waals surface area contributed by atoms with E-state index in [1.54, 1.807) is 11.0 Å². The zero-order valence-corrected chi connectivity index (χ0v) is 21.0. The van der Waals surface area contributed by atoms with Gasteiger partial charge in [0, 0.05) is 25.7 Å². The standard InChI is InChI=1S/C27H40N2O6/c1-4-15-28(19-11-8-7-9-12-19)24(32)22-27-14-13-26(6-3,35-27)21(25(33)34-18-5-2)20(27)23(31)29(22)16-10-17-30/h4-5,19-22,30H,1-2,6-18H2,3H3/t20-,21+,22?,26-,27?/m0/s1. The second kappa shape index (κ2) is 10.4. The lowest BCUT2D eigenvalue weighted by molar-refractivity contribution is -0.161. The summed E-state index contributed by atoms with van der Waals surface area (Å²) in [7, 11) is 0. The van der Waals surface area contributed by atoms with E-state index in [9.17, 15) is 19.5 Å². The van der Waals surface area contributed by atoms with Crippen LogP contribution in [0.5, 0.6) is 0 Å². The molecule has 2 amide bonds. The normalized spacial score (nSPS) is 34.1. The van der Waals surface area contributed by atoms with Gasteiger partial charge in [-0.05, 0) is 38.5 Å². The fourth-order valence-electron chi connectivity index (χ4n) is 7.18. The molecular weight excluding hydrogens is 448 g/mol. The fourth-order valence-corrected chi connectivity index (χ4v) is 7.18. The molecule has 2 unspecified atom stereocenters. The molecule has 1 N–H and O–H groups in total. The Morgan fingerprint density at radius 2 is 1.97 bits per heavy atom. The topological polar surface area (TPSA) is 96.4 Å². The van der Waals surface area contributed by atoms with Crippen molar-refractivity contribution in [2.24, 2.45) is 11.8 Å². The number of aliphatic hydroxyl groups is 1. The van der Waals surface area contributed by atoms with Crippen LogP contribution in [-0.4, -0.2) is 82.3 Å². The van der Waals surface area contributed by atoms with Gasteiger partial charge in [-0.3, -0.25) is 14.4 Å². The van der Waals surface area contributed by atoms with Crippen molar-refractivity contribution in [3.05, 3.63) is 25.3 Å². The summed E-state index contributed by atoms with van der Waals surface area (Å²) in [6, 6.07) is -0.717. The number of nitrogens with zero attached hydrogens (tertiary/aromatic N) is 2. The first kappa shape index (κ1) is 25.9. The van der Waals surface area contributed by atoms with Gasteiger partial charge < -0.3 is 24.4 Å². The average molecular weight is 489 g/mol. The fraction of sp³-hybridized carbons (Fsp3) is 0.741. The van der Waals surface area contributed by atoms with Crippen LogP contribution in [0.25, 0.3) is 0 Å². The van der Waals surface area contributed by atoms with Crippen molar-refractivity contribution in [2.75, 3.05) is 26.3 Å². The molecule has 0 aromatic heterocycles. The Morgan fingerprint density at radius 3 is 2.60 bits per heavy atom. The van der Waals surface area contributed by atoms with Crippen LogP contribution in [0.15, 0.2) is 25.3 Å². The molecule has 3 aliphatic heterocycles. The zero-order chi connectivity index (χ0) is 25.2. The molecule has 3 saturated heterocycles. The molecule has 0 aromatic carbocycles. The summed E-state index contributed by atoms with van der Waals surface area (Å²) in [6.07, 6.45) is 10.5. The van der Waals surface area contributed by atoms with Gasteiger partial charge in [0.15, 0.2) is 0 Å². The summed E-state index contributed by atoms with van der Waals surface area (Å²) in [5.41, 5.74) is -1.88. The molecule has 8 heteroatoms. The van der Waals surface area contributed by atoms with Crippen molar-refractivity contribution in [3.8, 4) is 0 Å². The summed E-state index contributed by atoms with van der Waals surface area (Å²) < 4.78 is 12.2. The van der Waals surface area contributed by atoms with E-state index >= 15 is 0 Å². The highest BCUT2D eigenvalue weighted by molar-refractivity contribution is 5.98. The van der Waals surface area contributed by atoms with Gasteiger partial charge in [-0.15, -0.1) is 6.58 Å².